The fraction of sp³-hybridized carbons (Fsp3) is 0.538. The van der Waals surface area contributed by atoms with Crippen LogP contribution >= 0.6 is 0 Å². The molecule has 0 fully saturated rings. The summed E-state index contributed by atoms with van der Waals surface area (Å²) in [5.74, 6) is 0.120. The SMILES string of the molecule is CC(C)(C)CS(=O)(=O)Nc1ccc2c(c1)CCN2. The summed E-state index contributed by atoms with van der Waals surface area (Å²) in [6.07, 6.45) is 0.949. The minimum atomic E-state index is -3.28. The van der Waals surface area contributed by atoms with Crippen molar-refractivity contribution in [3.05, 3.63) is 23.8 Å². The van der Waals surface area contributed by atoms with E-state index in [-0.39, 0.29) is 11.2 Å². The van der Waals surface area contributed by atoms with Crippen molar-refractivity contribution in [2.75, 3.05) is 22.3 Å². The maximum Gasteiger partial charge on any atom is 0.233 e. The minimum absolute atomic E-state index is 0.120. The van der Waals surface area contributed by atoms with Crippen LogP contribution in [0.1, 0.15) is 26.3 Å². The van der Waals surface area contributed by atoms with Crippen molar-refractivity contribution < 1.29 is 8.42 Å². The number of rotatable bonds is 3. The first-order valence-electron chi connectivity index (χ1n) is 6.12. The van der Waals surface area contributed by atoms with E-state index in [0.29, 0.717) is 5.69 Å². The normalized spacial score (nSPS) is 15.1. The van der Waals surface area contributed by atoms with Crippen LogP contribution in [0.4, 0.5) is 11.4 Å². The third-order valence-corrected chi connectivity index (χ3v) is 4.50. The summed E-state index contributed by atoms with van der Waals surface area (Å²) in [6.45, 7) is 6.67. The van der Waals surface area contributed by atoms with Crippen LogP contribution in [-0.2, 0) is 16.4 Å². The van der Waals surface area contributed by atoms with Gasteiger partial charge < -0.3 is 5.32 Å². The van der Waals surface area contributed by atoms with Gasteiger partial charge in [0.1, 0.15) is 0 Å². The summed E-state index contributed by atoms with van der Waals surface area (Å²) < 4.78 is 26.6. The van der Waals surface area contributed by atoms with Gasteiger partial charge in [-0.25, -0.2) is 8.42 Å². The van der Waals surface area contributed by atoms with Gasteiger partial charge in [-0.05, 0) is 35.6 Å². The van der Waals surface area contributed by atoms with E-state index in [9.17, 15) is 8.42 Å². The lowest BCUT2D eigenvalue weighted by molar-refractivity contribution is 0.463. The Bertz CT molecular complexity index is 545. The second-order valence-corrected chi connectivity index (χ2v) is 7.69. The smallest absolute Gasteiger partial charge is 0.233 e. The molecule has 0 aliphatic carbocycles. The zero-order chi connectivity index (χ0) is 13.4. The van der Waals surface area contributed by atoms with Crippen LogP contribution in [0.3, 0.4) is 0 Å². The van der Waals surface area contributed by atoms with E-state index < -0.39 is 10.0 Å². The molecule has 0 spiro atoms. The standard InChI is InChI=1S/C13H20N2O2S/c1-13(2,3)9-18(16,17)15-11-4-5-12-10(8-11)6-7-14-12/h4-5,8,14-15H,6-7,9H2,1-3H3. The molecule has 100 valence electrons. The zero-order valence-electron chi connectivity index (χ0n) is 11.1. The van der Waals surface area contributed by atoms with Crippen LogP contribution in [-0.4, -0.2) is 20.7 Å². The molecule has 1 aliphatic rings. The average Bonchev–Trinajstić information content (AvgIpc) is 2.59. The highest BCUT2D eigenvalue weighted by Gasteiger charge is 2.22. The molecule has 0 amide bonds. The largest absolute Gasteiger partial charge is 0.384 e. The van der Waals surface area contributed by atoms with Gasteiger partial charge in [-0.2, -0.15) is 0 Å². The average molecular weight is 268 g/mol. The lowest BCUT2D eigenvalue weighted by Gasteiger charge is -2.19. The van der Waals surface area contributed by atoms with Gasteiger partial charge in [0, 0.05) is 17.9 Å². The Balaban J connectivity index is 2.14. The molecule has 0 saturated heterocycles. The van der Waals surface area contributed by atoms with Gasteiger partial charge in [0.2, 0.25) is 10.0 Å². The van der Waals surface area contributed by atoms with E-state index in [1.807, 2.05) is 32.9 Å². The van der Waals surface area contributed by atoms with E-state index in [2.05, 4.69) is 10.0 Å². The van der Waals surface area contributed by atoms with E-state index in [4.69, 9.17) is 0 Å². The Hall–Kier alpha value is -1.23. The van der Waals surface area contributed by atoms with Crippen molar-refractivity contribution >= 4 is 21.4 Å². The predicted octanol–water partition coefficient (Wildman–Crippen LogP) is 2.44. The lowest BCUT2D eigenvalue weighted by atomic mass is 10.0. The van der Waals surface area contributed by atoms with Gasteiger partial charge in [-0.15, -0.1) is 0 Å². The molecule has 5 heteroatoms. The number of hydrogen-bond acceptors (Lipinski definition) is 3. The van der Waals surface area contributed by atoms with Crippen LogP contribution in [0.25, 0.3) is 0 Å². The maximum absolute atomic E-state index is 12.0. The molecular formula is C13H20N2O2S. The highest BCUT2D eigenvalue weighted by molar-refractivity contribution is 7.92. The van der Waals surface area contributed by atoms with E-state index >= 15 is 0 Å². The molecule has 0 saturated carbocycles. The topological polar surface area (TPSA) is 58.2 Å². The summed E-state index contributed by atoms with van der Waals surface area (Å²) in [4.78, 5) is 0. The molecule has 1 aliphatic heterocycles. The molecule has 0 bridgehead atoms. The second-order valence-electron chi connectivity index (χ2n) is 5.97. The fourth-order valence-corrected chi connectivity index (χ4v) is 3.85. The fourth-order valence-electron chi connectivity index (χ4n) is 2.15. The number of nitrogens with one attached hydrogen (secondary N) is 2. The molecule has 1 heterocycles. The van der Waals surface area contributed by atoms with E-state index in [1.54, 1.807) is 6.07 Å². The van der Waals surface area contributed by atoms with Gasteiger partial charge in [0.05, 0.1) is 5.75 Å². The van der Waals surface area contributed by atoms with Crippen molar-refractivity contribution in [1.82, 2.24) is 0 Å². The Morgan fingerprint density at radius 3 is 2.72 bits per heavy atom. The molecule has 0 unspecified atom stereocenters. The van der Waals surface area contributed by atoms with Crippen LogP contribution in [0.5, 0.6) is 0 Å². The molecule has 0 aromatic heterocycles. The van der Waals surface area contributed by atoms with Crippen LogP contribution in [0.15, 0.2) is 18.2 Å². The first kappa shape index (κ1) is 13.2. The van der Waals surface area contributed by atoms with Crippen molar-refractivity contribution in [3.63, 3.8) is 0 Å². The van der Waals surface area contributed by atoms with Crippen molar-refractivity contribution in [1.29, 1.82) is 0 Å². The Kier molecular flexibility index (Phi) is 3.27. The highest BCUT2D eigenvalue weighted by Crippen LogP contribution is 2.26. The summed E-state index contributed by atoms with van der Waals surface area (Å²) in [7, 11) is -3.28. The predicted molar refractivity (Wildman–Crippen MR) is 75.5 cm³/mol. The van der Waals surface area contributed by atoms with Crippen LogP contribution in [0, 0.1) is 5.41 Å². The summed E-state index contributed by atoms with van der Waals surface area (Å²) in [6, 6.07) is 5.64. The Labute approximate surface area is 109 Å². The van der Waals surface area contributed by atoms with Crippen molar-refractivity contribution in [3.8, 4) is 0 Å². The summed E-state index contributed by atoms with van der Waals surface area (Å²) in [5.41, 5.74) is 2.69. The number of sulfonamides is 1. The Morgan fingerprint density at radius 1 is 1.33 bits per heavy atom. The Morgan fingerprint density at radius 2 is 2.06 bits per heavy atom. The maximum atomic E-state index is 12.0. The van der Waals surface area contributed by atoms with Crippen molar-refractivity contribution in [2.24, 2.45) is 5.41 Å². The third-order valence-electron chi connectivity index (χ3n) is 2.71. The number of benzene rings is 1. The highest BCUT2D eigenvalue weighted by atomic mass is 32.2. The molecule has 0 atom stereocenters. The summed E-state index contributed by atoms with van der Waals surface area (Å²) in [5, 5.41) is 3.25. The molecule has 2 N–H and O–H groups in total. The first-order valence-corrected chi connectivity index (χ1v) is 7.78. The molecule has 18 heavy (non-hydrogen) atoms. The van der Waals surface area contributed by atoms with Crippen molar-refractivity contribution in [2.45, 2.75) is 27.2 Å². The van der Waals surface area contributed by atoms with E-state index in [1.165, 1.54) is 5.56 Å². The first-order chi connectivity index (χ1) is 8.25. The van der Waals surface area contributed by atoms with Gasteiger partial charge >= 0.3 is 0 Å². The van der Waals surface area contributed by atoms with E-state index in [0.717, 1.165) is 18.7 Å². The van der Waals surface area contributed by atoms with Crippen LogP contribution < -0.4 is 10.0 Å². The van der Waals surface area contributed by atoms with Gasteiger partial charge in [-0.3, -0.25) is 4.72 Å². The number of anilines is 2. The van der Waals surface area contributed by atoms with Gasteiger partial charge in [0.15, 0.2) is 0 Å². The zero-order valence-corrected chi connectivity index (χ0v) is 11.9. The molecule has 1 aromatic rings. The third kappa shape index (κ3) is 3.38. The quantitative estimate of drug-likeness (QED) is 0.885. The monoisotopic (exact) mass is 268 g/mol. The van der Waals surface area contributed by atoms with Gasteiger partial charge in [-0.1, -0.05) is 20.8 Å². The molecule has 0 radical (unpaired) electrons. The number of hydrogen-bond donors (Lipinski definition) is 2. The molecule has 2 rings (SSSR count). The lowest BCUT2D eigenvalue weighted by Crippen LogP contribution is -2.26. The number of fused-ring (bicyclic) bond motifs is 1. The van der Waals surface area contributed by atoms with Crippen LogP contribution in [0.2, 0.25) is 0 Å². The molecular weight excluding hydrogens is 248 g/mol. The second kappa shape index (κ2) is 4.46. The molecule has 1 aromatic carbocycles. The minimum Gasteiger partial charge on any atom is -0.384 e. The van der Waals surface area contributed by atoms with Gasteiger partial charge in [0.25, 0.3) is 0 Å². The summed E-state index contributed by atoms with van der Waals surface area (Å²) >= 11 is 0. The molecule has 4 nitrogen and oxygen atoms in total.